The van der Waals surface area contributed by atoms with E-state index in [1.54, 1.807) is 18.2 Å². The first-order valence-corrected chi connectivity index (χ1v) is 5.89. The average molecular weight is 257 g/mol. The summed E-state index contributed by atoms with van der Waals surface area (Å²) in [7, 11) is -0.911. The number of ether oxygens (including phenoxy) is 1. The van der Waals surface area contributed by atoms with Gasteiger partial charge in [0.25, 0.3) is 0 Å². The molecular formula is C10H12NO5P. The Labute approximate surface area is 99.4 Å². The van der Waals surface area contributed by atoms with Gasteiger partial charge >= 0.3 is 14.1 Å². The van der Waals surface area contributed by atoms with Gasteiger partial charge in [0.15, 0.2) is 11.8 Å². The molecule has 0 saturated heterocycles. The summed E-state index contributed by atoms with van der Waals surface area (Å²) >= 11 is 0. The molecule has 1 N–H and O–H groups in total. The van der Waals surface area contributed by atoms with E-state index in [1.807, 2.05) is 0 Å². The van der Waals surface area contributed by atoms with Crippen molar-refractivity contribution >= 4 is 14.1 Å². The molecule has 1 aromatic carbocycles. The van der Waals surface area contributed by atoms with E-state index in [2.05, 4.69) is 4.74 Å². The maximum Gasteiger partial charge on any atom is 0.395 e. The van der Waals surface area contributed by atoms with E-state index < -0.39 is 20.2 Å². The van der Waals surface area contributed by atoms with Gasteiger partial charge in [0.05, 0.1) is 7.11 Å². The van der Waals surface area contributed by atoms with Crippen LogP contribution in [-0.4, -0.2) is 24.2 Å². The van der Waals surface area contributed by atoms with Crippen LogP contribution in [0.15, 0.2) is 29.0 Å². The predicted octanol–water partition coefficient (Wildman–Crippen LogP) is 1.40. The lowest BCUT2D eigenvalue weighted by molar-refractivity contribution is -0.169. The van der Waals surface area contributed by atoms with Gasteiger partial charge in [0, 0.05) is 6.07 Å². The van der Waals surface area contributed by atoms with Crippen LogP contribution in [0.2, 0.25) is 0 Å². The lowest BCUT2D eigenvalue weighted by Gasteiger charge is -2.02. The van der Waals surface area contributed by atoms with E-state index in [0.29, 0.717) is 11.5 Å². The van der Waals surface area contributed by atoms with E-state index >= 15 is 0 Å². The molecule has 0 aromatic heterocycles. The summed E-state index contributed by atoms with van der Waals surface area (Å²) in [5.41, 5.74) is 0. The molecule has 0 heterocycles. The lowest BCUT2D eigenvalue weighted by Crippen LogP contribution is -2.13. The highest BCUT2D eigenvalue weighted by molar-refractivity contribution is 7.34. The standard InChI is InChI=1S/C10H12NO5P/c1-7(10(12)13)11-17(14)16-9-5-3-4-8(6-9)15-2/h3-7H,1-2H3,(H,12,13)/t7-/m0/s1. The molecule has 1 rings (SSSR count). The van der Waals surface area contributed by atoms with Gasteiger partial charge in [-0.3, -0.25) is 4.52 Å². The van der Waals surface area contributed by atoms with Crippen LogP contribution in [0.4, 0.5) is 0 Å². The fourth-order valence-corrected chi connectivity index (χ4v) is 1.69. The topological polar surface area (TPSA) is 91.2 Å². The molecule has 0 radical (unpaired) electrons. The molecule has 0 spiro atoms. The summed E-state index contributed by atoms with van der Waals surface area (Å²) in [6.45, 7) is 1.32. The third-order valence-electron chi connectivity index (χ3n) is 1.85. The number of carboxylic acid groups (broad SMARTS) is 1. The van der Waals surface area contributed by atoms with Gasteiger partial charge in [-0.15, -0.1) is 0 Å². The molecule has 2 atom stereocenters. The second kappa shape index (κ2) is 6.18. The number of nitrogens with zero attached hydrogens (tertiary/aromatic N) is 1. The van der Waals surface area contributed by atoms with E-state index in [-0.39, 0.29) is 0 Å². The first-order chi connectivity index (χ1) is 8.02. The Morgan fingerprint density at radius 1 is 1.53 bits per heavy atom. The first kappa shape index (κ1) is 13.4. The van der Waals surface area contributed by atoms with E-state index in [0.717, 1.165) is 0 Å². The zero-order valence-electron chi connectivity index (χ0n) is 9.36. The Bertz CT molecular complexity index is 434. The van der Waals surface area contributed by atoms with Crippen molar-refractivity contribution in [3.63, 3.8) is 0 Å². The molecule has 0 aliphatic rings. The molecule has 0 aliphatic carbocycles. The van der Waals surface area contributed by atoms with Gasteiger partial charge < -0.3 is 14.7 Å². The van der Waals surface area contributed by atoms with Crippen LogP contribution in [-0.2, 0) is 4.79 Å². The molecule has 1 aromatic rings. The van der Waals surface area contributed by atoms with Crippen LogP contribution in [0.5, 0.6) is 11.5 Å². The smallest absolute Gasteiger partial charge is 0.395 e. The molecule has 6 nitrogen and oxygen atoms in total. The van der Waals surface area contributed by atoms with Gasteiger partial charge in [-0.25, -0.2) is 4.79 Å². The van der Waals surface area contributed by atoms with Gasteiger partial charge in [0.2, 0.25) is 0 Å². The van der Waals surface area contributed by atoms with Crippen LogP contribution >= 0.6 is 8.17 Å². The monoisotopic (exact) mass is 257 g/mol. The zero-order valence-corrected chi connectivity index (χ0v) is 10.3. The van der Waals surface area contributed by atoms with Crippen molar-refractivity contribution < 1.29 is 24.1 Å². The molecular weight excluding hydrogens is 245 g/mol. The third-order valence-corrected chi connectivity index (χ3v) is 2.75. The van der Waals surface area contributed by atoms with Gasteiger partial charge in [0.1, 0.15) is 5.75 Å². The number of aliphatic carboxylic acids is 1. The van der Waals surface area contributed by atoms with Gasteiger partial charge in [-0.05, 0) is 19.1 Å². The molecule has 0 amide bonds. The summed E-state index contributed by atoms with van der Waals surface area (Å²) in [5.74, 6) is -0.286. The van der Waals surface area contributed by atoms with Crippen molar-refractivity contribution in [1.29, 1.82) is 0 Å². The molecule has 0 bridgehead atoms. The summed E-state index contributed by atoms with van der Waals surface area (Å²) in [4.78, 5) is 21.9. The number of carboxylic acids is 1. The average Bonchev–Trinajstić information content (AvgIpc) is 2.28. The second-order valence-electron chi connectivity index (χ2n) is 3.14. The zero-order chi connectivity index (χ0) is 12.8. The number of hydrogen-bond donors (Lipinski definition) is 1. The summed E-state index contributed by atoms with van der Waals surface area (Å²) in [5, 5.41) is 8.58. The van der Waals surface area contributed by atoms with E-state index in [4.69, 9.17) is 14.4 Å². The third kappa shape index (κ3) is 4.38. The van der Waals surface area contributed by atoms with Crippen molar-refractivity contribution in [3.8, 4) is 11.5 Å². The molecule has 0 aliphatic heterocycles. The van der Waals surface area contributed by atoms with Crippen LogP contribution in [0.3, 0.4) is 0 Å². The highest BCUT2D eigenvalue weighted by atomic mass is 31.1. The summed E-state index contributed by atoms with van der Waals surface area (Å²) in [6, 6.07) is 5.42. The largest absolute Gasteiger partial charge is 0.575 e. The van der Waals surface area contributed by atoms with E-state index in [9.17, 15) is 9.69 Å². The summed E-state index contributed by atoms with van der Waals surface area (Å²) < 4.78 is 13.4. The van der Waals surface area contributed by atoms with Crippen LogP contribution < -0.4 is 14.2 Å². The molecule has 7 heteroatoms. The van der Waals surface area contributed by atoms with Gasteiger partial charge in [-0.1, -0.05) is 10.8 Å². The number of hydrogen-bond acceptors (Lipinski definition) is 5. The number of rotatable bonds is 5. The number of benzene rings is 1. The SMILES string of the molecule is COc1cccc(O[P+]([O-])=N[C@@H](C)C(=O)O)c1. The van der Waals surface area contributed by atoms with Crippen molar-refractivity contribution in [2.75, 3.05) is 7.11 Å². The maximum absolute atomic E-state index is 11.4. The van der Waals surface area contributed by atoms with Gasteiger partial charge in [-0.2, -0.15) is 0 Å². The molecule has 17 heavy (non-hydrogen) atoms. The van der Waals surface area contributed by atoms with Crippen LogP contribution in [0, 0.1) is 0 Å². The van der Waals surface area contributed by atoms with Crippen molar-refractivity contribution in [2.24, 2.45) is 4.74 Å². The molecule has 92 valence electrons. The quantitative estimate of drug-likeness (QED) is 0.805. The van der Waals surface area contributed by atoms with Crippen LogP contribution in [0.25, 0.3) is 0 Å². The minimum absolute atomic E-state index is 0.312. The Kier molecular flexibility index (Phi) is 4.87. The lowest BCUT2D eigenvalue weighted by atomic mass is 10.3. The Morgan fingerprint density at radius 2 is 2.18 bits per heavy atom. The number of methoxy groups -OCH3 is 1. The summed E-state index contributed by atoms with van der Waals surface area (Å²) in [6.07, 6.45) is 0. The Balaban J connectivity index is 2.73. The molecule has 0 fully saturated rings. The second-order valence-corrected chi connectivity index (χ2v) is 4.03. The fourth-order valence-electron chi connectivity index (χ4n) is 0.963. The fraction of sp³-hybridized carbons (Fsp3) is 0.300. The predicted molar refractivity (Wildman–Crippen MR) is 60.1 cm³/mol. The number of carbonyl (C=O) groups is 1. The molecule has 1 unspecified atom stereocenters. The maximum atomic E-state index is 11.4. The first-order valence-electron chi connectivity index (χ1n) is 4.75. The highest BCUT2D eigenvalue weighted by Crippen LogP contribution is 2.27. The van der Waals surface area contributed by atoms with Crippen molar-refractivity contribution in [3.05, 3.63) is 24.3 Å². The minimum atomic E-state index is -2.41. The van der Waals surface area contributed by atoms with E-state index in [1.165, 1.54) is 20.1 Å². The normalized spacial score (nSPS) is 13.0. The Morgan fingerprint density at radius 3 is 2.76 bits per heavy atom. The Hall–Kier alpha value is -1.65. The van der Waals surface area contributed by atoms with Crippen molar-refractivity contribution in [2.45, 2.75) is 13.0 Å². The van der Waals surface area contributed by atoms with Crippen molar-refractivity contribution in [1.82, 2.24) is 0 Å². The molecule has 0 saturated carbocycles. The minimum Gasteiger partial charge on any atom is -0.575 e. The highest BCUT2D eigenvalue weighted by Gasteiger charge is 2.15. The van der Waals surface area contributed by atoms with Crippen LogP contribution in [0.1, 0.15) is 6.92 Å².